The Morgan fingerprint density at radius 2 is 0.974 bits per heavy atom. The smallest absolute Gasteiger partial charge is 0.108 e. The lowest BCUT2D eigenvalue weighted by molar-refractivity contribution is 0.0306. The Kier molecular flexibility index (Phi) is 11.2. The van der Waals surface area contributed by atoms with E-state index < -0.39 is 0 Å². The maximum atomic E-state index is 6.59. The second-order valence-electron chi connectivity index (χ2n) is 10.4. The summed E-state index contributed by atoms with van der Waals surface area (Å²) in [4.78, 5) is 2.65. The second-order valence-corrected chi connectivity index (χ2v) is 10.4. The first-order valence-electron chi connectivity index (χ1n) is 14.3. The van der Waals surface area contributed by atoms with Crippen LogP contribution in [0.5, 0.6) is 0 Å². The highest BCUT2D eigenvalue weighted by atomic mass is 16.5. The van der Waals surface area contributed by atoms with Gasteiger partial charge in [-0.1, -0.05) is 142 Å². The van der Waals surface area contributed by atoms with Gasteiger partial charge >= 0.3 is 0 Å². The van der Waals surface area contributed by atoms with Gasteiger partial charge in [0.25, 0.3) is 0 Å². The molecule has 0 atom stereocenters. The first-order valence-corrected chi connectivity index (χ1v) is 14.3. The zero-order valence-corrected chi connectivity index (χ0v) is 23.1. The van der Waals surface area contributed by atoms with E-state index in [2.05, 4.69) is 140 Å². The molecule has 0 aliphatic carbocycles. The molecule has 1 heterocycles. The van der Waals surface area contributed by atoms with Gasteiger partial charge in [-0.05, 0) is 54.1 Å². The normalized spacial score (nSPS) is 14.3. The summed E-state index contributed by atoms with van der Waals surface area (Å²) in [6.07, 6.45) is 3.62. The summed E-state index contributed by atoms with van der Waals surface area (Å²) < 4.78 is 6.59. The summed E-state index contributed by atoms with van der Waals surface area (Å²) >= 11 is 0. The monoisotopic (exact) mass is 505 g/mol. The highest BCUT2D eigenvalue weighted by Gasteiger charge is 2.25. The van der Waals surface area contributed by atoms with Crippen molar-refractivity contribution in [3.63, 3.8) is 0 Å². The van der Waals surface area contributed by atoms with Crippen molar-refractivity contribution in [2.24, 2.45) is 5.92 Å². The molecule has 2 nitrogen and oxygen atoms in total. The summed E-state index contributed by atoms with van der Waals surface area (Å²) in [5, 5.41) is 0. The van der Waals surface area contributed by atoms with Crippen molar-refractivity contribution in [3.8, 4) is 0 Å². The van der Waals surface area contributed by atoms with Gasteiger partial charge in [0.1, 0.15) is 6.10 Å². The van der Waals surface area contributed by atoms with Gasteiger partial charge in [0, 0.05) is 12.5 Å². The average Bonchev–Trinajstić information content (AvgIpc) is 2.99. The molecular weight excluding hydrogens is 462 g/mol. The first-order chi connectivity index (χ1) is 18.8. The summed E-state index contributed by atoms with van der Waals surface area (Å²) in [5.74, 6) is 1.01. The molecule has 0 amide bonds. The second kappa shape index (κ2) is 15.3. The fourth-order valence-corrected chi connectivity index (χ4v) is 5.24. The SMILES string of the molecule is CCC.c1ccc(C(CN2CCC(COC(c3ccccc3)c3ccccc3)CC2)c2ccccc2)cc1. The maximum Gasteiger partial charge on any atom is 0.108 e. The topological polar surface area (TPSA) is 12.5 Å². The number of benzene rings is 4. The average molecular weight is 506 g/mol. The van der Waals surface area contributed by atoms with Crippen LogP contribution >= 0.6 is 0 Å². The third-order valence-electron chi connectivity index (χ3n) is 7.26. The lowest BCUT2D eigenvalue weighted by Gasteiger charge is -2.35. The largest absolute Gasteiger partial charge is 0.368 e. The number of nitrogens with zero attached hydrogens (tertiary/aromatic N) is 1. The Morgan fingerprint density at radius 1 is 0.605 bits per heavy atom. The number of rotatable bonds is 9. The molecule has 0 unspecified atom stereocenters. The Balaban J connectivity index is 0.00000107. The first kappa shape index (κ1) is 27.8. The van der Waals surface area contributed by atoms with Crippen molar-refractivity contribution < 1.29 is 4.74 Å². The molecule has 0 spiro atoms. The van der Waals surface area contributed by atoms with E-state index in [1.165, 1.54) is 41.5 Å². The Bertz CT molecular complexity index is 1060. The van der Waals surface area contributed by atoms with Crippen molar-refractivity contribution in [2.75, 3.05) is 26.2 Å². The standard InChI is InChI=1S/C33H35NO.C3H8/c1-5-13-28(14-6-1)32(29-15-7-2-8-16-29)25-34-23-21-27(22-24-34)26-35-33(30-17-9-3-10-18-30)31-19-11-4-12-20-31;1-3-2/h1-20,27,32-33H,21-26H2;3H2,1-2H3. The molecule has 0 saturated carbocycles. The molecule has 2 heteroatoms. The van der Waals surface area contributed by atoms with Crippen LogP contribution in [0.1, 0.15) is 67.4 Å². The fraction of sp³-hybridized carbons (Fsp3) is 0.333. The van der Waals surface area contributed by atoms with E-state index in [9.17, 15) is 0 Å². The Hall–Kier alpha value is -3.20. The van der Waals surface area contributed by atoms with Crippen molar-refractivity contribution in [2.45, 2.75) is 45.1 Å². The van der Waals surface area contributed by atoms with Crippen LogP contribution in [-0.4, -0.2) is 31.1 Å². The van der Waals surface area contributed by atoms with Crippen molar-refractivity contribution in [1.29, 1.82) is 0 Å². The third-order valence-corrected chi connectivity index (χ3v) is 7.26. The molecule has 1 fully saturated rings. The third kappa shape index (κ3) is 8.15. The molecule has 0 N–H and O–H groups in total. The van der Waals surface area contributed by atoms with Gasteiger partial charge < -0.3 is 9.64 Å². The molecule has 5 rings (SSSR count). The van der Waals surface area contributed by atoms with E-state index >= 15 is 0 Å². The van der Waals surface area contributed by atoms with Crippen molar-refractivity contribution in [3.05, 3.63) is 144 Å². The Labute approximate surface area is 230 Å². The van der Waals surface area contributed by atoms with Gasteiger partial charge in [0.2, 0.25) is 0 Å². The lowest BCUT2D eigenvalue weighted by atomic mass is 9.89. The van der Waals surface area contributed by atoms with Gasteiger partial charge in [-0.15, -0.1) is 0 Å². The quantitative estimate of drug-likeness (QED) is 0.225. The maximum absolute atomic E-state index is 6.59. The van der Waals surface area contributed by atoms with Gasteiger partial charge in [-0.2, -0.15) is 0 Å². The number of likely N-dealkylation sites (tertiary alicyclic amines) is 1. The van der Waals surface area contributed by atoms with Crippen LogP contribution in [0.2, 0.25) is 0 Å². The summed E-state index contributed by atoms with van der Waals surface area (Å²) in [7, 11) is 0. The van der Waals surface area contributed by atoms with Gasteiger partial charge in [-0.25, -0.2) is 0 Å². The minimum Gasteiger partial charge on any atom is -0.368 e. The molecule has 1 aliphatic heterocycles. The molecule has 4 aromatic carbocycles. The van der Waals surface area contributed by atoms with Gasteiger partial charge in [-0.3, -0.25) is 0 Å². The number of hydrogen-bond acceptors (Lipinski definition) is 2. The highest BCUT2D eigenvalue weighted by molar-refractivity contribution is 5.33. The molecule has 0 aromatic heterocycles. The van der Waals surface area contributed by atoms with E-state index in [1.54, 1.807) is 0 Å². The van der Waals surface area contributed by atoms with Crippen LogP contribution in [0.3, 0.4) is 0 Å². The van der Waals surface area contributed by atoms with Gasteiger partial charge in [0.05, 0.1) is 6.61 Å². The molecule has 38 heavy (non-hydrogen) atoms. The molecule has 1 saturated heterocycles. The molecule has 198 valence electrons. The predicted molar refractivity (Wildman–Crippen MR) is 161 cm³/mol. The molecule has 4 aromatic rings. The summed E-state index contributed by atoms with van der Waals surface area (Å²) in [6.45, 7) is 8.39. The predicted octanol–water partition coefficient (Wildman–Crippen LogP) is 8.75. The molecule has 0 bridgehead atoms. The van der Waals surface area contributed by atoms with E-state index in [0.29, 0.717) is 11.8 Å². The van der Waals surface area contributed by atoms with Crippen LogP contribution < -0.4 is 0 Å². The van der Waals surface area contributed by atoms with Gasteiger partial charge in [0.15, 0.2) is 0 Å². The zero-order chi connectivity index (χ0) is 26.4. The van der Waals surface area contributed by atoms with Crippen LogP contribution in [0, 0.1) is 5.92 Å². The molecule has 1 aliphatic rings. The van der Waals surface area contributed by atoms with Crippen LogP contribution in [-0.2, 0) is 4.74 Å². The lowest BCUT2D eigenvalue weighted by Crippen LogP contribution is -2.38. The van der Waals surface area contributed by atoms with E-state index in [4.69, 9.17) is 4.74 Å². The minimum atomic E-state index is -0.00373. The van der Waals surface area contributed by atoms with Crippen LogP contribution in [0.25, 0.3) is 0 Å². The zero-order valence-electron chi connectivity index (χ0n) is 23.1. The molecular formula is C36H43NO. The van der Waals surface area contributed by atoms with E-state index in [0.717, 1.165) is 26.2 Å². The number of piperidine rings is 1. The van der Waals surface area contributed by atoms with E-state index in [1.807, 2.05) is 0 Å². The Morgan fingerprint density at radius 3 is 1.37 bits per heavy atom. The molecule has 0 radical (unpaired) electrons. The van der Waals surface area contributed by atoms with Crippen LogP contribution in [0.4, 0.5) is 0 Å². The van der Waals surface area contributed by atoms with E-state index in [-0.39, 0.29) is 6.10 Å². The number of ether oxygens (including phenoxy) is 1. The minimum absolute atomic E-state index is 0.00373. The number of hydrogen-bond donors (Lipinski definition) is 0. The van der Waals surface area contributed by atoms with Crippen molar-refractivity contribution >= 4 is 0 Å². The fourth-order valence-electron chi connectivity index (χ4n) is 5.24. The van der Waals surface area contributed by atoms with Crippen LogP contribution in [0.15, 0.2) is 121 Å². The summed E-state index contributed by atoms with van der Waals surface area (Å²) in [6, 6.07) is 43.2. The highest BCUT2D eigenvalue weighted by Crippen LogP contribution is 2.30. The summed E-state index contributed by atoms with van der Waals surface area (Å²) in [5.41, 5.74) is 5.25. The van der Waals surface area contributed by atoms with Crippen molar-refractivity contribution in [1.82, 2.24) is 4.90 Å².